The minimum absolute atomic E-state index is 0.0872. The quantitative estimate of drug-likeness (QED) is 0.0807. The van der Waals surface area contributed by atoms with E-state index in [1.54, 1.807) is 48.5 Å². The first-order chi connectivity index (χ1) is 55.0. The highest BCUT2D eigenvalue weighted by molar-refractivity contribution is 6.25. The molecule has 582 valence electrons. The van der Waals surface area contributed by atoms with Crippen molar-refractivity contribution in [2.24, 2.45) is 11.8 Å². The van der Waals surface area contributed by atoms with E-state index < -0.39 is 47.5 Å². The van der Waals surface area contributed by atoms with E-state index in [9.17, 15) is 47.1 Å². The third-order valence-corrected chi connectivity index (χ3v) is 24.9. The van der Waals surface area contributed by atoms with Gasteiger partial charge in [-0.15, -0.1) is 10.2 Å². The van der Waals surface area contributed by atoms with E-state index in [1.807, 2.05) is 70.0 Å². The van der Waals surface area contributed by atoms with Crippen molar-refractivity contribution in [2.75, 3.05) is 105 Å². The van der Waals surface area contributed by atoms with Crippen LogP contribution < -0.4 is 35.6 Å². The van der Waals surface area contributed by atoms with Crippen LogP contribution in [0.3, 0.4) is 0 Å². The summed E-state index contributed by atoms with van der Waals surface area (Å²) in [5.74, 6) is -1.25. The number of anilines is 4. The van der Waals surface area contributed by atoms with Gasteiger partial charge in [-0.1, -0.05) is 37.3 Å². The first-order valence-electron chi connectivity index (χ1n) is 40.0. The van der Waals surface area contributed by atoms with Gasteiger partial charge in [-0.05, 0) is 197 Å². The molecule has 8 saturated heterocycles. The second kappa shape index (κ2) is 30.6. The third kappa shape index (κ3) is 14.2. The van der Waals surface area contributed by atoms with E-state index in [2.05, 4.69) is 91.3 Å². The van der Waals surface area contributed by atoms with Gasteiger partial charge in [-0.25, -0.2) is 27.8 Å². The Morgan fingerprint density at radius 2 is 1.03 bits per heavy atom. The molecule has 20 rings (SSSR count). The largest absolute Gasteiger partial charge is 0.371 e. The van der Waals surface area contributed by atoms with E-state index in [4.69, 9.17) is 10.2 Å². The van der Waals surface area contributed by atoms with Gasteiger partial charge in [0.25, 0.3) is 23.6 Å². The fourth-order valence-corrected chi connectivity index (χ4v) is 18.7. The molecule has 8 fully saturated rings. The van der Waals surface area contributed by atoms with Gasteiger partial charge in [0.2, 0.25) is 23.6 Å². The molecule has 0 radical (unpaired) electrons. The minimum atomic E-state index is -0.965. The zero-order valence-corrected chi connectivity index (χ0v) is 63.1. The van der Waals surface area contributed by atoms with Crippen molar-refractivity contribution in [3.05, 3.63) is 197 Å². The van der Waals surface area contributed by atoms with E-state index in [0.717, 1.165) is 202 Å². The first kappa shape index (κ1) is 73.1. The van der Waals surface area contributed by atoms with Crippen LogP contribution in [0.25, 0.3) is 28.1 Å². The summed E-state index contributed by atoms with van der Waals surface area (Å²) < 4.78 is 34.2. The van der Waals surface area contributed by atoms with E-state index in [0.29, 0.717) is 46.2 Å². The van der Waals surface area contributed by atoms with Gasteiger partial charge in [0, 0.05) is 132 Å². The fourth-order valence-electron chi connectivity index (χ4n) is 18.7. The van der Waals surface area contributed by atoms with Crippen LogP contribution in [-0.2, 0) is 19.2 Å². The molecule has 9 aromatic rings. The number of aromatic nitrogens is 7. The average Bonchev–Trinajstić information content (AvgIpc) is 1.60. The number of piperidine rings is 4. The van der Waals surface area contributed by atoms with E-state index >= 15 is 0 Å². The normalized spacial score (nSPS) is 22.7. The second-order valence-electron chi connectivity index (χ2n) is 31.8. The maximum Gasteiger partial charge on any atom is 0.262 e. The van der Waals surface area contributed by atoms with E-state index in [1.165, 1.54) is 30.5 Å². The standard InChI is InChI=1S/C42H42FN9O4.C25H29FN6.C18H19N3O4/c43-29-4-1-3-27(19-29)34-5-2-15-50(34)38-10-9-37-44-21-36(52(37)46-38)28-12-18-48(25-28)30-13-16-47(17-14-30)22-26-23-49(24-26)31-6-7-32-33(20-31)42(56)51(41(32)55)35-8-11-39(53)45-40(35)54;26-20-4-1-3-18(15-20)22-5-2-13-31(22)25-7-6-24-28-16-23(32(24)29-25)19-10-14-30(17-19)21-8-11-27-12-9-21;1-2-10-8-20(9-10)11-3-4-12-13(7-11)18(25)21(17(12)24)14-5-6-15(22)19-16(14)23/h1,3-4,6-7,9-10,12,18-21,25-26,30,34-35H,2,5,8,11,13-17,22-24H2,(H,45,53,54);1,3-4,6-7,10,15-16,21-22,27H,2,5,8-9,11-14,17H2;3-4,7,10,14H,2,5-6,8-9H2,1H3,(H,19,22,23)/t34-,35?;22-;/m11./s1. The molecule has 0 bridgehead atoms. The molecule has 4 atom stereocenters. The lowest BCUT2D eigenvalue weighted by Crippen LogP contribution is -2.54. The third-order valence-electron chi connectivity index (χ3n) is 24.9. The number of amides is 8. The molecular weight excluding hydrogens is 1440 g/mol. The number of likely N-dealkylation sites (tertiary alicyclic amines) is 1. The summed E-state index contributed by atoms with van der Waals surface area (Å²) >= 11 is 0. The molecule has 8 amide bonds. The molecule has 11 aliphatic heterocycles. The summed E-state index contributed by atoms with van der Waals surface area (Å²) in [4.78, 5) is 125. The van der Waals surface area contributed by atoms with Crippen LogP contribution >= 0.6 is 0 Å². The highest BCUT2D eigenvalue weighted by Crippen LogP contribution is 2.41. The van der Waals surface area contributed by atoms with Gasteiger partial charge < -0.3 is 34.4 Å². The summed E-state index contributed by atoms with van der Waals surface area (Å²) in [6, 6.07) is 34.2. The summed E-state index contributed by atoms with van der Waals surface area (Å²) in [5.41, 5.74) is 11.2. The summed E-state index contributed by atoms with van der Waals surface area (Å²) in [7, 11) is 0. The Kier molecular flexibility index (Phi) is 19.8. The Morgan fingerprint density at radius 1 is 0.504 bits per heavy atom. The van der Waals surface area contributed by atoms with Crippen molar-refractivity contribution in [1.29, 1.82) is 0 Å². The number of nitrogens with one attached hydrogen (secondary N) is 3. The molecule has 3 N–H and O–H groups in total. The highest BCUT2D eigenvalue weighted by atomic mass is 19.1. The first-order valence-corrected chi connectivity index (χ1v) is 40.0. The fraction of sp³-hybridized carbons (Fsp3) is 0.412. The zero-order valence-electron chi connectivity index (χ0n) is 63.1. The second-order valence-corrected chi connectivity index (χ2v) is 31.8. The number of imide groups is 4. The molecule has 0 saturated carbocycles. The number of nitrogens with zero attached hydrogens (tertiary/aromatic N) is 15. The molecular formula is C85H90F2N18O8. The lowest BCUT2D eigenvalue weighted by molar-refractivity contribution is -0.137. The lowest BCUT2D eigenvalue weighted by Gasteiger charge is -2.44. The molecule has 0 aliphatic carbocycles. The molecule has 5 aromatic heterocycles. The van der Waals surface area contributed by atoms with Crippen LogP contribution in [0.1, 0.15) is 167 Å². The van der Waals surface area contributed by atoms with Crippen molar-refractivity contribution in [1.82, 2.24) is 69.3 Å². The van der Waals surface area contributed by atoms with Crippen LogP contribution in [0.4, 0.5) is 31.8 Å². The van der Waals surface area contributed by atoms with Gasteiger partial charge >= 0.3 is 0 Å². The maximum absolute atomic E-state index is 14.1. The Labute approximate surface area is 651 Å². The molecule has 4 aromatic carbocycles. The van der Waals surface area contributed by atoms with Gasteiger partial charge in [-0.3, -0.25) is 63.7 Å². The lowest BCUT2D eigenvalue weighted by atomic mass is 9.95. The summed E-state index contributed by atoms with van der Waals surface area (Å²) in [5, 5.41) is 18.0. The molecule has 2 unspecified atom stereocenters. The number of fused-ring (bicyclic) bond motifs is 4. The number of carbonyl (C=O) groups is 8. The number of halogens is 2. The van der Waals surface area contributed by atoms with Crippen molar-refractivity contribution >= 4 is 87.1 Å². The predicted octanol–water partition coefficient (Wildman–Crippen LogP) is 9.45. The van der Waals surface area contributed by atoms with Gasteiger partial charge in [0.1, 0.15) is 35.4 Å². The van der Waals surface area contributed by atoms with Crippen LogP contribution in [0.5, 0.6) is 0 Å². The van der Waals surface area contributed by atoms with Crippen LogP contribution in [-0.4, -0.2) is 204 Å². The van der Waals surface area contributed by atoms with Crippen molar-refractivity contribution < 1.29 is 47.1 Å². The molecule has 113 heavy (non-hydrogen) atoms. The van der Waals surface area contributed by atoms with Gasteiger partial charge in [0.05, 0.1) is 58.1 Å². The Morgan fingerprint density at radius 3 is 1.56 bits per heavy atom. The average molecular weight is 1530 g/mol. The topological polar surface area (TPSA) is 264 Å². The number of benzene rings is 4. The summed E-state index contributed by atoms with van der Waals surface area (Å²) in [6.45, 7) is 14.8. The van der Waals surface area contributed by atoms with Gasteiger partial charge in [0.15, 0.2) is 11.3 Å². The van der Waals surface area contributed by atoms with Gasteiger partial charge in [-0.2, -0.15) is 0 Å². The van der Waals surface area contributed by atoms with Crippen molar-refractivity contribution in [2.45, 2.75) is 127 Å². The minimum Gasteiger partial charge on any atom is -0.371 e. The number of imidazole rings is 2. The molecule has 26 nitrogen and oxygen atoms in total. The SMILES string of the molecule is CCC1CN(c2ccc3c(c2)C(=O)N(C2CCC(=O)NC2=O)C3=O)C1.Fc1cccc([C@H]2CCCN2c2ccc3ncc(C4=CCN(C5CCNCC5)C4)n3n2)c1.O=C1CCC(N2C(=O)c3ccc(N4CC(CN5CCC(n6ccc(-c7cnc8ccc(N9CCC[C@@H]9c9cccc(F)c9)nn78)c6)CC5)C4)cc3C2=O)C(=O)N1. The molecule has 0 spiro atoms. The monoisotopic (exact) mass is 1530 g/mol. The van der Waals surface area contributed by atoms with Crippen LogP contribution in [0.2, 0.25) is 0 Å². The predicted molar refractivity (Wildman–Crippen MR) is 419 cm³/mol. The van der Waals surface area contributed by atoms with Crippen molar-refractivity contribution in [3.8, 4) is 11.3 Å². The van der Waals surface area contributed by atoms with Crippen molar-refractivity contribution in [3.63, 3.8) is 0 Å². The Bertz CT molecular complexity index is 5300. The number of hydrogen-bond acceptors (Lipinski definition) is 19. The highest BCUT2D eigenvalue weighted by Gasteiger charge is 2.47. The zero-order chi connectivity index (χ0) is 77.3. The molecule has 11 aliphatic rings. The number of carbonyl (C=O) groups excluding carboxylic acids is 8. The van der Waals surface area contributed by atoms with E-state index in [-0.39, 0.29) is 61.2 Å². The Balaban J connectivity index is 0.000000131. The molecule has 28 heteroatoms. The smallest absolute Gasteiger partial charge is 0.262 e. The number of hydrogen-bond donors (Lipinski definition) is 3. The van der Waals surface area contributed by atoms with Crippen LogP contribution in [0.15, 0.2) is 146 Å². The maximum atomic E-state index is 14.1. The summed E-state index contributed by atoms with van der Waals surface area (Å²) in [6.07, 6.45) is 20.8. The molecule has 16 heterocycles. The van der Waals surface area contributed by atoms with Crippen LogP contribution in [0, 0.1) is 23.5 Å². The Hall–Kier alpha value is -11.4. The number of rotatable bonds is 15.